The molecule has 0 amide bonds. The van der Waals surface area contributed by atoms with Gasteiger partial charge in [-0.25, -0.2) is 0 Å². The fourth-order valence-corrected chi connectivity index (χ4v) is 3.07. The van der Waals surface area contributed by atoms with E-state index in [1.54, 1.807) is 0 Å². The number of carbonyl (C=O) groups is 1. The summed E-state index contributed by atoms with van der Waals surface area (Å²) in [4.78, 5) is 13.3. The van der Waals surface area contributed by atoms with Gasteiger partial charge in [0.1, 0.15) is 0 Å². The van der Waals surface area contributed by atoms with Gasteiger partial charge in [-0.05, 0) is 24.8 Å². The molecule has 1 aromatic rings. The molecule has 5 heteroatoms. The van der Waals surface area contributed by atoms with Crippen molar-refractivity contribution >= 4 is 5.97 Å². The van der Waals surface area contributed by atoms with Gasteiger partial charge in [0.15, 0.2) is 0 Å². The van der Waals surface area contributed by atoms with E-state index < -0.39 is 5.97 Å². The SMILES string of the molecule is CCC(CC)n1ccc(CN2CC(C)C(C(=O)O)C2)n1. The first-order chi connectivity index (χ1) is 9.55. The third-order valence-corrected chi connectivity index (χ3v) is 4.37. The predicted octanol–water partition coefficient (Wildman–Crippen LogP) is 2.40. The van der Waals surface area contributed by atoms with E-state index in [1.165, 1.54) is 0 Å². The Hall–Kier alpha value is -1.36. The van der Waals surface area contributed by atoms with Gasteiger partial charge in [0, 0.05) is 25.8 Å². The molecule has 5 nitrogen and oxygen atoms in total. The van der Waals surface area contributed by atoms with Crippen molar-refractivity contribution in [3.05, 3.63) is 18.0 Å². The van der Waals surface area contributed by atoms with Crippen molar-refractivity contribution in [3.8, 4) is 0 Å². The number of likely N-dealkylation sites (tertiary alicyclic amines) is 1. The third-order valence-electron chi connectivity index (χ3n) is 4.37. The van der Waals surface area contributed by atoms with Crippen LogP contribution >= 0.6 is 0 Å². The van der Waals surface area contributed by atoms with Crippen molar-refractivity contribution in [2.75, 3.05) is 13.1 Å². The second kappa shape index (κ2) is 6.39. The molecule has 2 rings (SSSR count). The number of carboxylic acid groups (broad SMARTS) is 1. The van der Waals surface area contributed by atoms with Crippen LogP contribution in [0.2, 0.25) is 0 Å². The maximum atomic E-state index is 11.1. The average molecular weight is 279 g/mol. The Morgan fingerprint density at radius 2 is 2.15 bits per heavy atom. The number of rotatable bonds is 6. The van der Waals surface area contributed by atoms with E-state index in [9.17, 15) is 4.79 Å². The van der Waals surface area contributed by atoms with Gasteiger partial charge in [-0.15, -0.1) is 0 Å². The molecular weight excluding hydrogens is 254 g/mol. The summed E-state index contributed by atoms with van der Waals surface area (Å²) in [5, 5.41) is 13.8. The summed E-state index contributed by atoms with van der Waals surface area (Å²) in [6.07, 6.45) is 4.21. The molecule has 1 aliphatic rings. The summed E-state index contributed by atoms with van der Waals surface area (Å²) in [5.41, 5.74) is 1.04. The molecule has 0 spiro atoms. The van der Waals surface area contributed by atoms with Crippen LogP contribution in [-0.4, -0.2) is 38.8 Å². The van der Waals surface area contributed by atoms with Crippen molar-refractivity contribution in [3.63, 3.8) is 0 Å². The number of carboxylic acids is 1. The lowest BCUT2D eigenvalue weighted by molar-refractivity contribution is -0.142. The number of aromatic nitrogens is 2. The molecule has 2 atom stereocenters. The van der Waals surface area contributed by atoms with Crippen molar-refractivity contribution in [2.24, 2.45) is 11.8 Å². The van der Waals surface area contributed by atoms with Crippen molar-refractivity contribution in [2.45, 2.75) is 46.2 Å². The monoisotopic (exact) mass is 279 g/mol. The summed E-state index contributed by atoms with van der Waals surface area (Å²) in [6, 6.07) is 2.52. The second-order valence-corrected chi connectivity index (χ2v) is 5.87. The molecule has 1 aliphatic heterocycles. The van der Waals surface area contributed by atoms with Crippen LogP contribution in [0, 0.1) is 11.8 Å². The van der Waals surface area contributed by atoms with Gasteiger partial charge in [-0.1, -0.05) is 20.8 Å². The summed E-state index contributed by atoms with van der Waals surface area (Å²) < 4.78 is 2.05. The lowest BCUT2D eigenvalue weighted by Gasteiger charge is -2.14. The average Bonchev–Trinajstić information content (AvgIpc) is 2.99. The molecule has 2 heterocycles. The molecule has 1 N–H and O–H groups in total. The van der Waals surface area contributed by atoms with Crippen molar-refractivity contribution < 1.29 is 9.90 Å². The minimum atomic E-state index is -0.678. The van der Waals surface area contributed by atoms with E-state index in [0.717, 1.165) is 31.6 Å². The van der Waals surface area contributed by atoms with Gasteiger partial charge in [-0.3, -0.25) is 14.4 Å². The van der Waals surface area contributed by atoms with Crippen molar-refractivity contribution in [1.82, 2.24) is 14.7 Å². The van der Waals surface area contributed by atoms with E-state index in [1.807, 2.05) is 17.8 Å². The Morgan fingerprint density at radius 1 is 1.45 bits per heavy atom. The Morgan fingerprint density at radius 3 is 2.70 bits per heavy atom. The van der Waals surface area contributed by atoms with E-state index >= 15 is 0 Å². The fourth-order valence-electron chi connectivity index (χ4n) is 3.07. The number of hydrogen-bond acceptors (Lipinski definition) is 3. The van der Waals surface area contributed by atoms with Crippen molar-refractivity contribution in [1.29, 1.82) is 0 Å². The summed E-state index contributed by atoms with van der Waals surface area (Å²) in [6.45, 7) is 8.59. The first-order valence-corrected chi connectivity index (χ1v) is 7.54. The van der Waals surface area contributed by atoms with Gasteiger partial charge < -0.3 is 5.11 Å². The quantitative estimate of drug-likeness (QED) is 0.868. The highest BCUT2D eigenvalue weighted by molar-refractivity contribution is 5.71. The number of nitrogens with zero attached hydrogens (tertiary/aromatic N) is 3. The van der Waals surface area contributed by atoms with Crippen LogP contribution in [0.3, 0.4) is 0 Å². The summed E-state index contributed by atoms with van der Waals surface area (Å²) in [5.74, 6) is -0.702. The molecule has 0 aliphatic carbocycles. The fraction of sp³-hybridized carbons (Fsp3) is 0.733. The van der Waals surface area contributed by atoms with E-state index in [2.05, 4.69) is 29.9 Å². The lowest BCUT2D eigenvalue weighted by Crippen LogP contribution is -2.23. The summed E-state index contributed by atoms with van der Waals surface area (Å²) in [7, 11) is 0. The van der Waals surface area contributed by atoms with Crippen LogP contribution in [0.1, 0.15) is 45.3 Å². The minimum Gasteiger partial charge on any atom is -0.481 e. The highest BCUT2D eigenvalue weighted by atomic mass is 16.4. The largest absolute Gasteiger partial charge is 0.481 e. The summed E-state index contributed by atoms with van der Waals surface area (Å²) >= 11 is 0. The maximum Gasteiger partial charge on any atom is 0.308 e. The third kappa shape index (κ3) is 3.20. The van der Waals surface area contributed by atoms with Gasteiger partial charge in [0.25, 0.3) is 0 Å². The normalized spacial score (nSPS) is 23.6. The molecule has 20 heavy (non-hydrogen) atoms. The smallest absolute Gasteiger partial charge is 0.308 e. The predicted molar refractivity (Wildman–Crippen MR) is 77.4 cm³/mol. The highest BCUT2D eigenvalue weighted by Gasteiger charge is 2.34. The van der Waals surface area contributed by atoms with Crippen LogP contribution in [0.25, 0.3) is 0 Å². The number of aliphatic carboxylic acids is 1. The zero-order valence-corrected chi connectivity index (χ0v) is 12.6. The molecule has 0 bridgehead atoms. The van der Waals surface area contributed by atoms with Gasteiger partial charge >= 0.3 is 5.97 Å². The molecule has 0 radical (unpaired) electrons. The van der Waals surface area contributed by atoms with Crippen LogP contribution in [0.5, 0.6) is 0 Å². The Kier molecular flexibility index (Phi) is 4.81. The van der Waals surface area contributed by atoms with Crippen LogP contribution in [0.4, 0.5) is 0 Å². The number of hydrogen-bond donors (Lipinski definition) is 1. The Bertz CT molecular complexity index is 454. The Labute approximate surface area is 120 Å². The van der Waals surface area contributed by atoms with E-state index in [-0.39, 0.29) is 11.8 Å². The second-order valence-electron chi connectivity index (χ2n) is 5.87. The minimum absolute atomic E-state index is 0.216. The van der Waals surface area contributed by atoms with Gasteiger partial charge in [0.05, 0.1) is 17.7 Å². The van der Waals surface area contributed by atoms with E-state index in [0.29, 0.717) is 12.6 Å². The van der Waals surface area contributed by atoms with Crippen LogP contribution in [0.15, 0.2) is 12.3 Å². The lowest BCUT2D eigenvalue weighted by atomic mass is 9.99. The van der Waals surface area contributed by atoms with E-state index in [4.69, 9.17) is 5.11 Å². The van der Waals surface area contributed by atoms with Gasteiger partial charge in [0.2, 0.25) is 0 Å². The molecule has 2 unspecified atom stereocenters. The van der Waals surface area contributed by atoms with Crippen LogP contribution < -0.4 is 0 Å². The maximum absolute atomic E-state index is 11.1. The first kappa shape index (κ1) is 15.0. The van der Waals surface area contributed by atoms with Gasteiger partial charge in [-0.2, -0.15) is 5.10 Å². The zero-order valence-electron chi connectivity index (χ0n) is 12.6. The molecule has 0 saturated carbocycles. The van der Waals surface area contributed by atoms with Crippen LogP contribution in [-0.2, 0) is 11.3 Å². The molecule has 1 saturated heterocycles. The topological polar surface area (TPSA) is 58.4 Å². The zero-order chi connectivity index (χ0) is 14.7. The molecule has 1 fully saturated rings. The molecule has 0 aromatic carbocycles. The molecular formula is C15H25N3O2. The Balaban J connectivity index is 1.96. The standard InChI is InChI=1S/C15H25N3O2/c1-4-13(5-2)18-7-6-12(16-18)9-17-8-11(3)14(10-17)15(19)20/h6-7,11,13-14H,4-5,8-10H2,1-3H3,(H,19,20). The highest BCUT2D eigenvalue weighted by Crippen LogP contribution is 2.24. The molecule has 1 aromatic heterocycles. The first-order valence-electron chi connectivity index (χ1n) is 7.54. The molecule has 112 valence electrons.